The molecule has 1 heterocycles. The standard InChI is InChI=1S/C20H31N3O4/c1-5-14(2)21-20(25)15-8-10-23(11-9-15)13-19(24)22-17-7-6-16(26-3)12-18(17)27-4/h6-7,12,14-15H,5,8-11,13H2,1-4H3,(H,21,25)(H,22,24). The number of methoxy groups -OCH3 is 2. The Morgan fingerprint density at radius 1 is 1.22 bits per heavy atom. The van der Waals surface area contributed by atoms with Gasteiger partial charge in [0.1, 0.15) is 11.5 Å². The summed E-state index contributed by atoms with van der Waals surface area (Å²) in [6, 6.07) is 5.48. The molecule has 1 aromatic carbocycles. The highest BCUT2D eigenvalue weighted by molar-refractivity contribution is 5.93. The van der Waals surface area contributed by atoms with Gasteiger partial charge in [-0.15, -0.1) is 0 Å². The van der Waals surface area contributed by atoms with E-state index in [1.165, 1.54) is 0 Å². The van der Waals surface area contributed by atoms with Crippen LogP contribution in [-0.4, -0.2) is 56.6 Å². The maximum absolute atomic E-state index is 12.4. The van der Waals surface area contributed by atoms with Crippen molar-refractivity contribution in [3.05, 3.63) is 18.2 Å². The summed E-state index contributed by atoms with van der Waals surface area (Å²) in [5, 5.41) is 5.94. The lowest BCUT2D eigenvalue weighted by molar-refractivity contribution is -0.127. The van der Waals surface area contributed by atoms with Crippen LogP contribution >= 0.6 is 0 Å². The van der Waals surface area contributed by atoms with Crippen molar-refractivity contribution in [1.29, 1.82) is 0 Å². The quantitative estimate of drug-likeness (QED) is 0.726. The number of likely N-dealkylation sites (tertiary alicyclic amines) is 1. The molecular weight excluding hydrogens is 346 g/mol. The summed E-state index contributed by atoms with van der Waals surface area (Å²) < 4.78 is 10.5. The summed E-state index contributed by atoms with van der Waals surface area (Å²) in [6.45, 7) is 5.86. The third-order valence-corrected chi connectivity index (χ3v) is 5.01. The van der Waals surface area contributed by atoms with Gasteiger partial charge in [-0.3, -0.25) is 14.5 Å². The van der Waals surface area contributed by atoms with Crippen LogP contribution in [0.2, 0.25) is 0 Å². The summed E-state index contributed by atoms with van der Waals surface area (Å²) in [4.78, 5) is 26.7. The fourth-order valence-corrected chi connectivity index (χ4v) is 3.11. The van der Waals surface area contributed by atoms with E-state index in [0.29, 0.717) is 23.7 Å². The van der Waals surface area contributed by atoms with Crippen molar-refractivity contribution in [3.63, 3.8) is 0 Å². The molecule has 0 aromatic heterocycles. The fraction of sp³-hybridized carbons (Fsp3) is 0.600. The van der Waals surface area contributed by atoms with Crippen molar-refractivity contribution >= 4 is 17.5 Å². The molecule has 0 radical (unpaired) electrons. The zero-order chi connectivity index (χ0) is 19.8. The van der Waals surface area contributed by atoms with E-state index in [2.05, 4.69) is 22.5 Å². The van der Waals surface area contributed by atoms with E-state index in [1.807, 2.05) is 6.92 Å². The highest BCUT2D eigenvalue weighted by Crippen LogP contribution is 2.29. The number of carbonyl (C=O) groups excluding carboxylic acids is 2. The van der Waals surface area contributed by atoms with Gasteiger partial charge < -0.3 is 20.1 Å². The highest BCUT2D eigenvalue weighted by atomic mass is 16.5. The molecule has 150 valence electrons. The third kappa shape index (κ3) is 6.13. The Morgan fingerprint density at radius 3 is 2.52 bits per heavy atom. The van der Waals surface area contributed by atoms with E-state index in [4.69, 9.17) is 9.47 Å². The summed E-state index contributed by atoms with van der Waals surface area (Å²) >= 11 is 0. The zero-order valence-corrected chi connectivity index (χ0v) is 16.7. The summed E-state index contributed by atoms with van der Waals surface area (Å²) in [7, 11) is 3.14. The predicted octanol–water partition coefficient (Wildman–Crippen LogP) is 2.27. The number of ether oxygens (including phenoxy) is 2. The molecule has 7 nitrogen and oxygen atoms in total. The lowest BCUT2D eigenvalue weighted by atomic mass is 9.95. The Kier molecular flexibility index (Phi) is 7.91. The van der Waals surface area contributed by atoms with Gasteiger partial charge in [0.05, 0.1) is 26.5 Å². The minimum Gasteiger partial charge on any atom is -0.497 e. The van der Waals surface area contributed by atoms with Gasteiger partial charge >= 0.3 is 0 Å². The first-order valence-electron chi connectivity index (χ1n) is 9.51. The number of anilines is 1. The molecule has 0 saturated carbocycles. The molecule has 1 fully saturated rings. The van der Waals surface area contributed by atoms with Crippen LogP contribution in [0.15, 0.2) is 18.2 Å². The van der Waals surface area contributed by atoms with E-state index in [0.717, 1.165) is 32.4 Å². The van der Waals surface area contributed by atoms with E-state index in [9.17, 15) is 9.59 Å². The zero-order valence-electron chi connectivity index (χ0n) is 16.7. The topological polar surface area (TPSA) is 79.9 Å². The van der Waals surface area contributed by atoms with Crippen molar-refractivity contribution in [2.45, 2.75) is 39.2 Å². The van der Waals surface area contributed by atoms with Gasteiger partial charge in [0.15, 0.2) is 0 Å². The van der Waals surface area contributed by atoms with Gasteiger partial charge in [-0.05, 0) is 51.4 Å². The van der Waals surface area contributed by atoms with Crippen LogP contribution < -0.4 is 20.1 Å². The molecule has 1 aliphatic rings. The average molecular weight is 377 g/mol. The van der Waals surface area contributed by atoms with Crippen LogP contribution in [0.1, 0.15) is 33.1 Å². The maximum Gasteiger partial charge on any atom is 0.238 e. The first-order chi connectivity index (χ1) is 13.0. The van der Waals surface area contributed by atoms with E-state index in [-0.39, 0.29) is 23.8 Å². The van der Waals surface area contributed by atoms with Gasteiger partial charge in [0, 0.05) is 18.0 Å². The number of carbonyl (C=O) groups is 2. The Morgan fingerprint density at radius 2 is 1.93 bits per heavy atom. The largest absolute Gasteiger partial charge is 0.497 e. The molecule has 1 aliphatic heterocycles. The normalized spacial score (nSPS) is 16.4. The summed E-state index contributed by atoms with van der Waals surface area (Å²) in [5.74, 6) is 1.31. The van der Waals surface area contributed by atoms with Crippen LogP contribution in [0.3, 0.4) is 0 Å². The molecule has 0 aliphatic carbocycles. The Labute approximate surface area is 161 Å². The SMILES string of the molecule is CCC(C)NC(=O)C1CCN(CC(=O)Nc2ccc(OC)cc2OC)CC1. The Balaban J connectivity index is 1.82. The number of nitrogens with zero attached hydrogens (tertiary/aromatic N) is 1. The smallest absolute Gasteiger partial charge is 0.238 e. The molecule has 1 saturated heterocycles. The number of rotatable bonds is 8. The minimum absolute atomic E-state index is 0.0417. The Bertz CT molecular complexity index is 642. The molecule has 1 aromatic rings. The monoisotopic (exact) mass is 377 g/mol. The molecule has 7 heteroatoms. The van der Waals surface area contributed by atoms with Crippen molar-refractivity contribution in [2.24, 2.45) is 5.92 Å². The molecule has 2 N–H and O–H groups in total. The molecule has 2 amide bonds. The van der Waals surface area contributed by atoms with E-state index >= 15 is 0 Å². The van der Waals surface area contributed by atoms with Crippen LogP contribution in [0.4, 0.5) is 5.69 Å². The van der Waals surface area contributed by atoms with Gasteiger partial charge in [-0.25, -0.2) is 0 Å². The Hall–Kier alpha value is -2.28. The van der Waals surface area contributed by atoms with Crippen LogP contribution in [0.5, 0.6) is 11.5 Å². The highest BCUT2D eigenvalue weighted by Gasteiger charge is 2.26. The van der Waals surface area contributed by atoms with Gasteiger partial charge in [0.25, 0.3) is 0 Å². The summed E-state index contributed by atoms with van der Waals surface area (Å²) in [5.41, 5.74) is 0.617. The van der Waals surface area contributed by atoms with Crippen LogP contribution in [0.25, 0.3) is 0 Å². The average Bonchev–Trinajstić information content (AvgIpc) is 2.68. The molecule has 1 unspecified atom stereocenters. The first-order valence-corrected chi connectivity index (χ1v) is 9.51. The second-order valence-corrected chi connectivity index (χ2v) is 6.98. The van der Waals surface area contributed by atoms with Crippen molar-refractivity contribution in [1.82, 2.24) is 10.2 Å². The van der Waals surface area contributed by atoms with E-state index in [1.54, 1.807) is 32.4 Å². The van der Waals surface area contributed by atoms with Gasteiger partial charge in [0.2, 0.25) is 11.8 Å². The van der Waals surface area contributed by atoms with Crippen molar-refractivity contribution in [3.8, 4) is 11.5 Å². The maximum atomic E-state index is 12.4. The lowest BCUT2D eigenvalue weighted by Crippen LogP contribution is -2.44. The molecule has 0 bridgehead atoms. The van der Waals surface area contributed by atoms with Crippen molar-refractivity contribution in [2.75, 3.05) is 39.2 Å². The van der Waals surface area contributed by atoms with Gasteiger partial charge in [-0.2, -0.15) is 0 Å². The first kappa shape index (κ1) is 21.0. The van der Waals surface area contributed by atoms with Crippen LogP contribution in [-0.2, 0) is 9.59 Å². The van der Waals surface area contributed by atoms with Crippen molar-refractivity contribution < 1.29 is 19.1 Å². The number of benzene rings is 1. The van der Waals surface area contributed by atoms with E-state index < -0.39 is 0 Å². The predicted molar refractivity (Wildman–Crippen MR) is 105 cm³/mol. The number of hydrogen-bond donors (Lipinski definition) is 2. The third-order valence-electron chi connectivity index (χ3n) is 5.01. The molecule has 0 spiro atoms. The molecular formula is C20H31N3O4. The molecule has 2 rings (SSSR count). The lowest BCUT2D eigenvalue weighted by Gasteiger charge is -2.31. The van der Waals surface area contributed by atoms with Gasteiger partial charge in [-0.1, -0.05) is 6.92 Å². The second kappa shape index (κ2) is 10.2. The number of hydrogen-bond acceptors (Lipinski definition) is 5. The fourth-order valence-electron chi connectivity index (χ4n) is 3.11. The number of nitrogens with one attached hydrogen (secondary N) is 2. The minimum atomic E-state index is -0.0963. The second-order valence-electron chi connectivity index (χ2n) is 6.98. The van der Waals surface area contributed by atoms with Crippen LogP contribution in [0, 0.1) is 5.92 Å². The number of amides is 2. The molecule has 1 atom stereocenters. The number of piperidine rings is 1. The molecule has 27 heavy (non-hydrogen) atoms. The summed E-state index contributed by atoms with van der Waals surface area (Å²) in [6.07, 6.45) is 2.49.